The first-order valence-electron chi connectivity index (χ1n) is 25.1. The summed E-state index contributed by atoms with van der Waals surface area (Å²) in [6.07, 6.45) is 27.1. The van der Waals surface area contributed by atoms with Crippen LogP contribution in [0.1, 0.15) is 219 Å². The molecular formula is C54H86BaO10. The number of benzene rings is 2. The van der Waals surface area contributed by atoms with Gasteiger partial charge >= 0.3 is 60.8 Å². The van der Waals surface area contributed by atoms with E-state index in [-0.39, 0.29) is 98.1 Å². The van der Waals surface area contributed by atoms with E-state index in [1.807, 2.05) is 36.4 Å². The van der Waals surface area contributed by atoms with Crippen LogP contribution in [-0.4, -0.2) is 97.2 Å². The van der Waals surface area contributed by atoms with Gasteiger partial charge in [0.15, 0.2) is 0 Å². The molecule has 0 amide bonds. The van der Waals surface area contributed by atoms with E-state index in [4.69, 9.17) is 18.9 Å². The Bertz CT molecular complexity index is 1320. The van der Waals surface area contributed by atoms with Crippen molar-refractivity contribution in [3.63, 3.8) is 0 Å². The van der Waals surface area contributed by atoms with Gasteiger partial charge in [-0.1, -0.05) is 190 Å². The average molecular weight is 1030 g/mol. The quantitative estimate of drug-likeness (QED) is 0.0358. The molecule has 0 radical (unpaired) electrons. The van der Waals surface area contributed by atoms with Crippen molar-refractivity contribution in [3.05, 3.63) is 71.8 Å². The topological polar surface area (TPSA) is 151 Å². The van der Waals surface area contributed by atoms with Crippen LogP contribution in [0.5, 0.6) is 0 Å². The van der Waals surface area contributed by atoms with Crippen molar-refractivity contribution in [3.8, 4) is 0 Å². The van der Waals surface area contributed by atoms with Crippen LogP contribution >= 0.6 is 0 Å². The molecule has 0 aliphatic rings. The van der Waals surface area contributed by atoms with Gasteiger partial charge in [-0.15, -0.1) is 0 Å². The Morgan fingerprint density at radius 1 is 0.431 bits per heavy atom. The number of carbonyl (C=O) groups excluding carboxylic acids is 4. The Hall–Kier alpha value is -2.19. The minimum atomic E-state index is -0.945. The minimum absolute atomic E-state index is 0. The monoisotopic (exact) mass is 1030 g/mol. The third-order valence-corrected chi connectivity index (χ3v) is 11.4. The van der Waals surface area contributed by atoms with Crippen molar-refractivity contribution in [1.29, 1.82) is 0 Å². The van der Waals surface area contributed by atoms with Crippen LogP contribution in [0.25, 0.3) is 0 Å². The molecule has 0 aliphatic carbocycles. The van der Waals surface area contributed by atoms with Crippen LogP contribution < -0.4 is 10.2 Å². The van der Waals surface area contributed by atoms with Crippen LogP contribution in [0.4, 0.5) is 0 Å². The van der Waals surface area contributed by atoms with Gasteiger partial charge in [-0.2, -0.15) is 0 Å². The van der Waals surface area contributed by atoms with Crippen LogP contribution in [-0.2, 0) is 51.3 Å². The Balaban J connectivity index is 0.00000124. The molecule has 0 aliphatic heterocycles. The Kier molecular flexibility index (Phi) is 42.8. The molecule has 0 saturated heterocycles. The van der Waals surface area contributed by atoms with E-state index in [9.17, 15) is 29.4 Å². The van der Waals surface area contributed by atoms with E-state index >= 15 is 0 Å². The molecule has 2 aromatic rings. The fraction of sp³-hybridized carbons (Fsp3) is 0.704. The predicted molar refractivity (Wildman–Crippen MR) is 258 cm³/mol. The summed E-state index contributed by atoms with van der Waals surface area (Å²) in [6.45, 7) is 8.43. The molecule has 65 heavy (non-hydrogen) atoms. The van der Waals surface area contributed by atoms with Crippen LogP contribution in [0.15, 0.2) is 60.7 Å². The molecule has 0 bridgehead atoms. The van der Waals surface area contributed by atoms with Crippen LogP contribution in [0.2, 0.25) is 0 Å². The van der Waals surface area contributed by atoms with Gasteiger partial charge < -0.3 is 38.7 Å². The molecule has 2 aromatic carbocycles. The number of esters is 2. The maximum atomic E-state index is 11.5. The third-order valence-electron chi connectivity index (χ3n) is 11.4. The summed E-state index contributed by atoms with van der Waals surface area (Å²) in [5.74, 6) is -2.32. The first-order valence-corrected chi connectivity index (χ1v) is 25.1. The molecule has 0 saturated carbocycles. The van der Waals surface area contributed by atoms with Gasteiger partial charge in [0.25, 0.3) is 0 Å². The molecule has 11 heteroatoms. The van der Waals surface area contributed by atoms with Crippen molar-refractivity contribution in [2.75, 3.05) is 0 Å². The standard InChI is InChI=1S/2C27H44O5.Ba/c2*1-3-4-18-26(32-23(2)28)21-25(31-22-24-16-12-11-13-17-24)19-14-9-7-5-6-8-10-15-20-27(29)30;/h2*11-13,16-17,25-26H,3-10,14-15,18-22H2,1-2H3,(H,29,30);/q;;+2/p-2. The molecule has 4 unspecified atom stereocenters. The van der Waals surface area contributed by atoms with Crippen molar-refractivity contribution >= 4 is 72.8 Å². The fourth-order valence-electron chi connectivity index (χ4n) is 7.89. The molecule has 364 valence electrons. The Morgan fingerprint density at radius 3 is 1.02 bits per heavy atom. The number of carbonyl (C=O) groups is 4. The smallest absolute Gasteiger partial charge is 0.550 e. The van der Waals surface area contributed by atoms with Crippen molar-refractivity contribution in [2.45, 2.75) is 245 Å². The zero-order valence-corrected chi connectivity index (χ0v) is 45.5. The Labute approximate surface area is 434 Å². The van der Waals surface area contributed by atoms with E-state index in [2.05, 4.69) is 38.1 Å². The number of hydrogen-bond donors (Lipinski definition) is 0. The predicted octanol–water partition coefficient (Wildman–Crippen LogP) is 11.1. The van der Waals surface area contributed by atoms with Crippen molar-refractivity contribution in [2.24, 2.45) is 0 Å². The second-order valence-corrected chi connectivity index (χ2v) is 17.5. The number of ether oxygens (including phenoxy) is 4. The molecule has 0 heterocycles. The summed E-state index contributed by atoms with van der Waals surface area (Å²) in [7, 11) is 0. The minimum Gasteiger partial charge on any atom is -0.550 e. The van der Waals surface area contributed by atoms with Gasteiger partial charge in [-0.05, 0) is 62.5 Å². The molecule has 2 rings (SSSR count). The van der Waals surface area contributed by atoms with Gasteiger partial charge in [0.05, 0.1) is 25.4 Å². The SMILES string of the molecule is CCCCC(CC(CCCCCCCCCCC(=O)[O-])OCc1ccccc1)OC(C)=O.CCCCC(CC(CCCCCCCCCCC(=O)[O-])OCc1ccccc1)OC(C)=O.[Ba+2]. The zero-order chi connectivity index (χ0) is 46.9. The second kappa shape index (κ2) is 44.3. The third kappa shape index (κ3) is 40.6. The van der Waals surface area contributed by atoms with E-state index in [0.717, 1.165) is 152 Å². The normalized spacial score (nSPS) is 12.7. The molecule has 0 aromatic heterocycles. The molecule has 0 spiro atoms. The fourth-order valence-corrected chi connectivity index (χ4v) is 7.89. The molecule has 0 fully saturated rings. The number of hydrogen-bond acceptors (Lipinski definition) is 10. The summed E-state index contributed by atoms with van der Waals surface area (Å²) in [5.41, 5.74) is 2.32. The van der Waals surface area contributed by atoms with Gasteiger partial charge in [0.2, 0.25) is 0 Å². The number of aliphatic carboxylic acids is 2. The van der Waals surface area contributed by atoms with Gasteiger partial charge in [0, 0.05) is 38.6 Å². The number of rotatable bonds is 40. The largest absolute Gasteiger partial charge is 2.00 e. The van der Waals surface area contributed by atoms with Gasteiger partial charge in [-0.25, -0.2) is 0 Å². The van der Waals surface area contributed by atoms with E-state index < -0.39 is 11.9 Å². The summed E-state index contributed by atoms with van der Waals surface area (Å²) in [5, 5.41) is 20.8. The molecule has 4 atom stereocenters. The van der Waals surface area contributed by atoms with Crippen LogP contribution in [0.3, 0.4) is 0 Å². The second-order valence-electron chi connectivity index (χ2n) is 17.5. The number of unbranched alkanes of at least 4 members (excludes halogenated alkanes) is 16. The van der Waals surface area contributed by atoms with Gasteiger partial charge in [-0.3, -0.25) is 9.59 Å². The number of carboxylic acids is 2. The Morgan fingerprint density at radius 2 is 0.723 bits per heavy atom. The summed E-state index contributed by atoms with van der Waals surface area (Å²) in [6, 6.07) is 20.4. The van der Waals surface area contributed by atoms with Gasteiger partial charge in [0.1, 0.15) is 12.2 Å². The number of carboxylic acid groups (broad SMARTS) is 2. The first kappa shape index (κ1) is 62.8. The van der Waals surface area contributed by atoms with Crippen molar-refractivity contribution < 1.29 is 48.3 Å². The van der Waals surface area contributed by atoms with Crippen LogP contribution in [0, 0.1) is 0 Å². The van der Waals surface area contributed by atoms with E-state index in [1.54, 1.807) is 0 Å². The summed E-state index contributed by atoms with van der Waals surface area (Å²) >= 11 is 0. The van der Waals surface area contributed by atoms with Crippen molar-refractivity contribution in [1.82, 2.24) is 0 Å². The maximum Gasteiger partial charge on any atom is 2.00 e. The molecule has 0 N–H and O–H groups in total. The van der Waals surface area contributed by atoms with E-state index in [1.165, 1.54) is 39.5 Å². The van der Waals surface area contributed by atoms with E-state index in [0.29, 0.717) is 13.2 Å². The molecule has 10 nitrogen and oxygen atoms in total. The first-order chi connectivity index (χ1) is 31.0. The summed E-state index contributed by atoms with van der Waals surface area (Å²) in [4.78, 5) is 43.9. The molecular weight excluding hydrogens is 946 g/mol. The maximum absolute atomic E-state index is 11.5. The zero-order valence-electron chi connectivity index (χ0n) is 41.1. The summed E-state index contributed by atoms with van der Waals surface area (Å²) < 4.78 is 23.7. The average Bonchev–Trinajstić information content (AvgIpc) is 3.27.